The molecule has 1 aromatic rings. The summed E-state index contributed by atoms with van der Waals surface area (Å²) in [5.74, 6) is -0.215. The second kappa shape index (κ2) is 9.91. The summed E-state index contributed by atoms with van der Waals surface area (Å²) in [6.45, 7) is 5.41. The molecule has 0 spiro atoms. The molecule has 0 radical (unpaired) electrons. The number of amides is 3. The van der Waals surface area contributed by atoms with Crippen LogP contribution >= 0.6 is 23.2 Å². The summed E-state index contributed by atoms with van der Waals surface area (Å²) >= 11 is 11.9. The van der Waals surface area contributed by atoms with Crippen molar-refractivity contribution in [3.05, 3.63) is 28.2 Å². The predicted octanol–water partition coefficient (Wildman–Crippen LogP) is 1.64. The molecule has 2 heterocycles. The number of carbonyl (C=O) groups excluding carboxylic acids is 2. The monoisotopic (exact) mass is 491 g/mol. The highest BCUT2D eigenvalue weighted by molar-refractivity contribution is 7.88. The van der Waals surface area contributed by atoms with E-state index in [0.717, 1.165) is 12.8 Å². The average Bonchev–Trinajstić information content (AvgIpc) is 2.74. The molecule has 1 unspecified atom stereocenters. The smallest absolute Gasteiger partial charge is 0.321 e. The standard InChI is InChI=1S/C19H27Cl2N5O4S/c1-3-23-6-11-26(31(2,29)30)17(13-23)18(27)24-7-9-25(10-8-24)19(28)22-14-4-5-15(20)16(21)12-14/h4-5,12,17H,3,6-11,13H2,1-2H3,(H,22,28). The van der Waals surface area contributed by atoms with Crippen molar-refractivity contribution >= 4 is 50.9 Å². The van der Waals surface area contributed by atoms with Crippen molar-refractivity contribution in [3.63, 3.8) is 0 Å². The Balaban J connectivity index is 1.60. The van der Waals surface area contributed by atoms with E-state index in [1.54, 1.807) is 28.0 Å². The summed E-state index contributed by atoms with van der Waals surface area (Å²) in [4.78, 5) is 31.0. The summed E-state index contributed by atoms with van der Waals surface area (Å²) in [5.41, 5.74) is 0.531. The zero-order valence-corrected chi connectivity index (χ0v) is 19.9. The Bertz CT molecular complexity index is 937. The lowest BCUT2D eigenvalue weighted by Gasteiger charge is -2.42. The number of hydrogen-bond acceptors (Lipinski definition) is 5. The van der Waals surface area contributed by atoms with Crippen LogP contribution in [0.2, 0.25) is 10.0 Å². The summed E-state index contributed by atoms with van der Waals surface area (Å²) in [7, 11) is -3.49. The van der Waals surface area contributed by atoms with Gasteiger partial charge in [-0.25, -0.2) is 13.2 Å². The summed E-state index contributed by atoms with van der Waals surface area (Å²) in [6, 6.07) is 3.81. The Morgan fingerprint density at radius 2 is 1.68 bits per heavy atom. The van der Waals surface area contributed by atoms with E-state index in [9.17, 15) is 18.0 Å². The van der Waals surface area contributed by atoms with Crippen molar-refractivity contribution in [2.45, 2.75) is 13.0 Å². The first-order chi connectivity index (χ1) is 14.6. The molecule has 0 bridgehead atoms. The normalized spacial score (nSPS) is 21.2. The van der Waals surface area contributed by atoms with Gasteiger partial charge in [0.05, 0.1) is 16.3 Å². The van der Waals surface area contributed by atoms with Crippen LogP contribution in [0.4, 0.5) is 10.5 Å². The Labute approximate surface area is 192 Å². The number of urea groups is 1. The van der Waals surface area contributed by atoms with Crippen LogP contribution in [0.1, 0.15) is 6.92 Å². The highest BCUT2D eigenvalue weighted by Gasteiger charge is 2.40. The van der Waals surface area contributed by atoms with Crippen molar-refractivity contribution in [3.8, 4) is 0 Å². The van der Waals surface area contributed by atoms with Gasteiger partial charge in [-0.15, -0.1) is 0 Å². The fraction of sp³-hybridized carbons (Fsp3) is 0.579. The zero-order chi connectivity index (χ0) is 22.8. The van der Waals surface area contributed by atoms with Gasteiger partial charge in [-0.3, -0.25) is 4.79 Å². The van der Waals surface area contributed by atoms with Gasteiger partial charge in [-0.05, 0) is 24.7 Å². The van der Waals surface area contributed by atoms with Crippen LogP contribution < -0.4 is 5.32 Å². The first kappa shape index (κ1) is 24.1. The molecule has 9 nitrogen and oxygen atoms in total. The molecule has 1 N–H and O–H groups in total. The molecule has 12 heteroatoms. The molecular formula is C19H27Cl2N5O4S. The maximum Gasteiger partial charge on any atom is 0.321 e. The summed E-state index contributed by atoms with van der Waals surface area (Å²) in [5, 5.41) is 3.52. The van der Waals surface area contributed by atoms with Gasteiger partial charge >= 0.3 is 6.03 Å². The molecule has 3 amide bonds. The zero-order valence-electron chi connectivity index (χ0n) is 17.6. The number of benzene rings is 1. The third kappa shape index (κ3) is 5.81. The van der Waals surface area contributed by atoms with Crippen LogP contribution in [0.3, 0.4) is 0 Å². The maximum atomic E-state index is 13.2. The Morgan fingerprint density at radius 1 is 1.03 bits per heavy atom. The molecule has 172 valence electrons. The van der Waals surface area contributed by atoms with E-state index >= 15 is 0 Å². The van der Waals surface area contributed by atoms with Gasteiger partial charge in [0.15, 0.2) is 0 Å². The van der Waals surface area contributed by atoms with Crippen LogP contribution in [0.5, 0.6) is 0 Å². The molecule has 2 fully saturated rings. The topological polar surface area (TPSA) is 93.3 Å². The van der Waals surface area contributed by atoms with Gasteiger partial charge in [0.25, 0.3) is 0 Å². The predicted molar refractivity (Wildman–Crippen MR) is 121 cm³/mol. The van der Waals surface area contributed by atoms with Crippen LogP contribution in [-0.2, 0) is 14.8 Å². The lowest BCUT2D eigenvalue weighted by molar-refractivity contribution is -0.138. The average molecular weight is 492 g/mol. The third-order valence-electron chi connectivity index (χ3n) is 5.62. The fourth-order valence-electron chi connectivity index (χ4n) is 3.83. The van der Waals surface area contributed by atoms with E-state index in [0.29, 0.717) is 61.5 Å². The van der Waals surface area contributed by atoms with E-state index in [2.05, 4.69) is 10.2 Å². The molecule has 31 heavy (non-hydrogen) atoms. The molecule has 0 aromatic heterocycles. The van der Waals surface area contributed by atoms with E-state index in [4.69, 9.17) is 23.2 Å². The molecule has 0 aliphatic carbocycles. The van der Waals surface area contributed by atoms with Crippen molar-refractivity contribution < 1.29 is 18.0 Å². The quantitative estimate of drug-likeness (QED) is 0.690. The fourth-order valence-corrected chi connectivity index (χ4v) is 5.16. The molecule has 3 rings (SSSR count). The van der Waals surface area contributed by atoms with Gasteiger partial charge in [0.2, 0.25) is 15.9 Å². The minimum atomic E-state index is -3.49. The molecule has 0 saturated carbocycles. The number of halogens is 2. The second-order valence-corrected chi connectivity index (χ2v) is 10.4. The number of carbonyl (C=O) groups is 2. The van der Waals surface area contributed by atoms with Crippen LogP contribution in [0, 0.1) is 0 Å². The number of sulfonamides is 1. The van der Waals surface area contributed by atoms with Crippen molar-refractivity contribution in [1.29, 1.82) is 0 Å². The minimum absolute atomic E-state index is 0.215. The number of nitrogens with one attached hydrogen (secondary N) is 1. The van der Waals surface area contributed by atoms with E-state index < -0.39 is 16.1 Å². The van der Waals surface area contributed by atoms with Crippen LogP contribution in [0.25, 0.3) is 0 Å². The Kier molecular flexibility index (Phi) is 7.69. The molecule has 1 atom stereocenters. The van der Waals surface area contributed by atoms with E-state index in [-0.39, 0.29) is 11.9 Å². The highest BCUT2D eigenvalue weighted by atomic mass is 35.5. The van der Waals surface area contributed by atoms with Crippen molar-refractivity contribution in [2.24, 2.45) is 0 Å². The number of rotatable bonds is 4. The van der Waals surface area contributed by atoms with Gasteiger partial charge in [0.1, 0.15) is 6.04 Å². The SMILES string of the molecule is CCN1CCN(S(C)(=O)=O)C(C(=O)N2CCN(C(=O)Nc3ccc(Cl)c(Cl)c3)CC2)C1. The largest absolute Gasteiger partial charge is 0.338 e. The highest BCUT2D eigenvalue weighted by Crippen LogP contribution is 2.25. The van der Waals surface area contributed by atoms with Gasteiger partial charge in [-0.1, -0.05) is 30.1 Å². The van der Waals surface area contributed by atoms with Crippen molar-refractivity contribution in [1.82, 2.24) is 19.0 Å². The minimum Gasteiger partial charge on any atom is -0.338 e. The van der Waals surface area contributed by atoms with Crippen molar-refractivity contribution in [2.75, 3.05) is 63.9 Å². The number of nitrogens with zero attached hydrogens (tertiary/aromatic N) is 4. The Hall–Kier alpha value is -1.59. The molecule has 1 aromatic carbocycles. The second-order valence-electron chi connectivity index (χ2n) is 7.65. The number of hydrogen-bond donors (Lipinski definition) is 1. The molecule has 2 saturated heterocycles. The molecule has 2 aliphatic heterocycles. The Morgan fingerprint density at radius 3 is 2.26 bits per heavy atom. The number of anilines is 1. The van der Waals surface area contributed by atoms with E-state index in [1.165, 1.54) is 4.31 Å². The first-order valence-corrected chi connectivity index (χ1v) is 12.7. The summed E-state index contributed by atoms with van der Waals surface area (Å²) < 4.78 is 25.7. The number of likely N-dealkylation sites (N-methyl/N-ethyl adjacent to an activating group) is 1. The summed E-state index contributed by atoms with van der Waals surface area (Å²) in [6.07, 6.45) is 1.14. The van der Waals surface area contributed by atoms with Gasteiger partial charge in [-0.2, -0.15) is 4.31 Å². The van der Waals surface area contributed by atoms with Gasteiger partial charge in [0, 0.05) is 51.5 Å². The van der Waals surface area contributed by atoms with Crippen LogP contribution in [-0.4, -0.2) is 104 Å². The lowest BCUT2D eigenvalue weighted by atomic mass is 10.1. The van der Waals surface area contributed by atoms with Gasteiger partial charge < -0.3 is 20.0 Å². The third-order valence-corrected chi connectivity index (χ3v) is 7.65. The number of piperazine rings is 2. The molecule has 2 aliphatic rings. The van der Waals surface area contributed by atoms with Crippen LogP contribution in [0.15, 0.2) is 18.2 Å². The first-order valence-electron chi connectivity index (χ1n) is 10.1. The van der Waals surface area contributed by atoms with E-state index in [1.807, 2.05) is 6.92 Å². The lowest BCUT2D eigenvalue weighted by Crippen LogP contribution is -2.62. The maximum absolute atomic E-state index is 13.2. The molecular weight excluding hydrogens is 465 g/mol.